The molecule has 0 unspecified atom stereocenters. The van der Waals surface area contributed by atoms with Crippen molar-refractivity contribution < 1.29 is 18.9 Å². The maximum absolute atomic E-state index is 6.66. The Morgan fingerprint density at radius 1 is 0.551 bits per heavy atom. The van der Waals surface area contributed by atoms with E-state index in [1.165, 1.54) is 96.3 Å². The lowest BCUT2D eigenvalue weighted by molar-refractivity contribution is -0.178. The molecule has 3 atom stereocenters. The monoisotopic (exact) mass is 668 g/mol. The molecule has 4 nitrogen and oxygen atoms in total. The minimum atomic E-state index is -0.255. The highest BCUT2D eigenvalue weighted by Gasteiger charge is 2.39. The van der Waals surface area contributed by atoms with Crippen LogP contribution in [0, 0.1) is 0 Å². The molecule has 0 amide bonds. The Bertz CT molecular complexity index is 1230. The summed E-state index contributed by atoms with van der Waals surface area (Å²) in [5.41, 5.74) is 3.46. The minimum absolute atomic E-state index is 0.129. The van der Waals surface area contributed by atoms with Gasteiger partial charge in [-0.15, -0.1) is 0 Å². The van der Waals surface area contributed by atoms with Crippen LogP contribution in [-0.2, 0) is 38.8 Å². The summed E-state index contributed by atoms with van der Waals surface area (Å²) in [5.74, 6) is 1.01. The molecule has 49 heavy (non-hydrogen) atoms. The minimum Gasteiger partial charge on any atom is -0.490 e. The van der Waals surface area contributed by atoms with Crippen LogP contribution in [0.3, 0.4) is 0 Å². The first-order chi connectivity index (χ1) is 24.3. The maximum Gasteiger partial charge on any atom is 0.150 e. The average Bonchev–Trinajstić information content (AvgIpc) is 3.14. The summed E-state index contributed by atoms with van der Waals surface area (Å²) in [6, 6.07) is 31.1. The first-order valence-electron chi connectivity index (χ1n) is 19.6. The standard InChI is InChI=1S/C45H64O4/c1-2-3-4-5-6-7-8-9-10-11-12-13-14-15-16-26-33-42-34-43(47-36-40-29-22-18-23-30-40)45(48-37-41-31-24-19-25-32-41)44(49-42)38-46-35-39-27-20-17-21-28-39/h17-25,27-33,43-45H,2-16,26,34-38H2,1H3/b42-33+/t43-,44-,45+/m1/s1. The Hall–Kier alpha value is -2.92. The number of unbranched alkanes of at least 4 members (excludes halogenated alkanes) is 15. The predicted octanol–water partition coefficient (Wildman–Crippen LogP) is 12.3. The summed E-state index contributed by atoms with van der Waals surface area (Å²) in [6.07, 6.45) is 24.1. The summed E-state index contributed by atoms with van der Waals surface area (Å²) < 4.78 is 26.1. The molecule has 268 valence electrons. The van der Waals surface area contributed by atoms with Gasteiger partial charge < -0.3 is 18.9 Å². The lowest BCUT2D eigenvalue weighted by atomic mass is 9.98. The molecule has 0 saturated carbocycles. The van der Waals surface area contributed by atoms with Crippen LogP contribution in [0.4, 0.5) is 0 Å². The third-order valence-electron chi connectivity index (χ3n) is 9.60. The summed E-state index contributed by atoms with van der Waals surface area (Å²) in [4.78, 5) is 0. The highest BCUT2D eigenvalue weighted by molar-refractivity contribution is 5.16. The highest BCUT2D eigenvalue weighted by Crippen LogP contribution is 2.30. The molecule has 1 saturated heterocycles. The molecule has 1 fully saturated rings. The largest absolute Gasteiger partial charge is 0.490 e. The molecule has 0 bridgehead atoms. The third kappa shape index (κ3) is 16.6. The van der Waals surface area contributed by atoms with E-state index in [0.717, 1.165) is 28.9 Å². The Morgan fingerprint density at radius 2 is 1.00 bits per heavy atom. The molecule has 1 aliphatic heterocycles. The van der Waals surface area contributed by atoms with Gasteiger partial charge in [0.1, 0.15) is 6.10 Å². The van der Waals surface area contributed by atoms with E-state index in [2.05, 4.69) is 73.7 Å². The third-order valence-corrected chi connectivity index (χ3v) is 9.60. The zero-order valence-corrected chi connectivity index (χ0v) is 30.5. The summed E-state index contributed by atoms with van der Waals surface area (Å²) in [5, 5.41) is 0. The van der Waals surface area contributed by atoms with Crippen molar-refractivity contribution in [2.45, 2.75) is 154 Å². The van der Waals surface area contributed by atoms with E-state index in [-0.39, 0.29) is 18.3 Å². The molecule has 0 aromatic heterocycles. The van der Waals surface area contributed by atoms with E-state index in [1.807, 2.05) is 30.3 Å². The summed E-state index contributed by atoms with van der Waals surface area (Å²) in [6.45, 7) is 4.32. The van der Waals surface area contributed by atoms with Gasteiger partial charge in [0.15, 0.2) is 6.10 Å². The van der Waals surface area contributed by atoms with Crippen LogP contribution in [0.1, 0.15) is 133 Å². The van der Waals surface area contributed by atoms with Crippen molar-refractivity contribution in [3.05, 3.63) is 120 Å². The molecular weight excluding hydrogens is 604 g/mol. The van der Waals surface area contributed by atoms with E-state index in [1.54, 1.807) is 0 Å². The van der Waals surface area contributed by atoms with E-state index in [9.17, 15) is 0 Å². The molecule has 0 N–H and O–H groups in total. The summed E-state index contributed by atoms with van der Waals surface area (Å²) >= 11 is 0. The van der Waals surface area contributed by atoms with Crippen molar-refractivity contribution in [3.63, 3.8) is 0 Å². The SMILES string of the molecule is CCCCCCCCCCCCCCCCC/C=C1\C[C@@H](OCc2ccccc2)[C@H](OCc2ccccc2)[C@@H](COCc2ccccc2)O1. The van der Waals surface area contributed by atoms with E-state index >= 15 is 0 Å². The molecule has 3 aromatic rings. The van der Waals surface area contributed by atoms with Crippen LogP contribution < -0.4 is 0 Å². The van der Waals surface area contributed by atoms with Gasteiger partial charge in [0, 0.05) is 6.42 Å². The van der Waals surface area contributed by atoms with Gasteiger partial charge in [0.05, 0.1) is 38.3 Å². The van der Waals surface area contributed by atoms with Gasteiger partial charge in [-0.2, -0.15) is 0 Å². The number of rotatable bonds is 26. The van der Waals surface area contributed by atoms with Crippen molar-refractivity contribution in [1.29, 1.82) is 0 Å². The number of allylic oxidation sites excluding steroid dienone is 1. The van der Waals surface area contributed by atoms with Crippen LogP contribution in [0.5, 0.6) is 0 Å². The molecule has 0 aliphatic carbocycles. The lowest BCUT2D eigenvalue weighted by Gasteiger charge is -2.39. The van der Waals surface area contributed by atoms with Crippen molar-refractivity contribution >= 4 is 0 Å². The van der Waals surface area contributed by atoms with Gasteiger partial charge >= 0.3 is 0 Å². The molecule has 1 aliphatic rings. The van der Waals surface area contributed by atoms with Crippen molar-refractivity contribution in [3.8, 4) is 0 Å². The van der Waals surface area contributed by atoms with Gasteiger partial charge in [-0.25, -0.2) is 0 Å². The molecule has 1 heterocycles. The predicted molar refractivity (Wildman–Crippen MR) is 203 cm³/mol. The van der Waals surface area contributed by atoms with Gasteiger partial charge in [0.25, 0.3) is 0 Å². The topological polar surface area (TPSA) is 36.9 Å². The molecule has 3 aromatic carbocycles. The molecule has 0 radical (unpaired) electrons. The fourth-order valence-corrected chi connectivity index (χ4v) is 6.68. The fourth-order valence-electron chi connectivity index (χ4n) is 6.68. The molecule has 4 heteroatoms. The number of hydrogen-bond donors (Lipinski definition) is 0. The zero-order chi connectivity index (χ0) is 34.0. The molecule has 4 rings (SSSR count). The van der Waals surface area contributed by atoms with Crippen molar-refractivity contribution in [1.82, 2.24) is 0 Å². The quantitative estimate of drug-likeness (QED) is 0.0798. The van der Waals surface area contributed by atoms with Crippen LogP contribution in [0.2, 0.25) is 0 Å². The second-order valence-corrected chi connectivity index (χ2v) is 13.9. The van der Waals surface area contributed by atoms with Crippen LogP contribution >= 0.6 is 0 Å². The average molecular weight is 669 g/mol. The van der Waals surface area contributed by atoms with Gasteiger partial charge in [-0.05, 0) is 35.6 Å². The first-order valence-corrected chi connectivity index (χ1v) is 19.6. The van der Waals surface area contributed by atoms with Crippen molar-refractivity contribution in [2.75, 3.05) is 6.61 Å². The van der Waals surface area contributed by atoms with Gasteiger partial charge in [-0.3, -0.25) is 0 Å². The number of benzene rings is 3. The summed E-state index contributed by atoms with van der Waals surface area (Å²) in [7, 11) is 0. The smallest absolute Gasteiger partial charge is 0.150 e. The van der Waals surface area contributed by atoms with Crippen LogP contribution in [0.25, 0.3) is 0 Å². The van der Waals surface area contributed by atoms with E-state index in [0.29, 0.717) is 32.8 Å². The van der Waals surface area contributed by atoms with Crippen LogP contribution in [-0.4, -0.2) is 24.9 Å². The Labute approximate surface area is 298 Å². The fraction of sp³-hybridized carbons (Fsp3) is 0.556. The van der Waals surface area contributed by atoms with E-state index in [4.69, 9.17) is 18.9 Å². The highest BCUT2D eigenvalue weighted by atomic mass is 16.6. The Balaban J connectivity index is 1.24. The van der Waals surface area contributed by atoms with E-state index < -0.39 is 0 Å². The second-order valence-electron chi connectivity index (χ2n) is 13.9. The maximum atomic E-state index is 6.66. The van der Waals surface area contributed by atoms with Crippen LogP contribution in [0.15, 0.2) is 103 Å². The number of ether oxygens (including phenoxy) is 4. The lowest BCUT2D eigenvalue weighted by Crippen LogP contribution is -2.48. The van der Waals surface area contributed by atoms with Gasteiger partial charge in [0.2, 0.25) is 0 Å². The first kappa shape index (κ1) is 38.9. The zero-order valence-electron chi connectivity index (χ0n) is 30.5. The van der Waals surface area contributed by atoms with Gasteiger partial charge in [-0.1, -0.05) is 188 Å². The number of hydrogen-bond acceptors (Lipinski definition) is 4. The molecule has 0 spiro atoms. The normalized spacial score (nSPS) is 18.5. The molecular formula is C45H64O4. The second kappa shape index (κ2) is 25.1. The Kier molecular flexibility index (Phi) is 19.9. The Morgan fingerprint density at radius 3 is 1.51 bits per heavy atom. The van der Waals surface area contributed by atoms with Crippen molar-refractivity contribution in [2.24, 2.45) is 0 Å².